The van der Waals surface area contributed by atoms with Crippen molar-refractivity contribution in [2.45, 2.75) is 25.2 Å². The Bertz CT molecular complexity index is 380. The number of ether oxygens (including phenoxy) is 2. The first-order valence-corrected chi connectivity index (χ1v) is 5.55. The monoisotopic (exact) mass is 272 g/mol. The van der Waals surface area contributed by atoms with Gasteiger partial charge in [0.1, 0.15) is 5.75 Å². The molecule has 0 fully saturated rings. The third-order valence-electron chi connectivity index (χ3n) is 2.65. The first kappa shape index (κ1) is 10.9. The van der Waals surface area contributed by atoms with Crippen LogP contribution in [0.1, 0.15) is 25.0 Å². The molecule has 4 heteroatoms. The summed E-state index contributed by atoms with van der Waals surface area (Å²) in [7, 11) is 1.58. The fraction of sp³-hybridized carbons (Fsp3) is 0.455. The number of hydrogen-bond acceptors (Lipinski definition) is 3. The van der Waals surface area contributed by atoms with Crippen LogP contribution >= 0.6 is 15.9 Å². The molecule has 0 amide bonds. The molecule has 1 aliphatic heterocycles. The van der Waals surface area contributed by atoms with Crippen LogP contribution in [0.3, 0.4) is 0 Å². The van der Waals surface area contributed by atoms with Gasteiger partial charge in [0, 0.05) is 30.5 Å². The van der Waals surface area contributed by atoms with Gasteiger partial charge in [0.05, 0.1) is 6.10 Å². The minimum absolute atomic E-state index is 0.437. The van der Waals surface area contributed by atoms with Crippen molar-refractivity contribution in [2.75, 3.05) is 7.11 Å². The van der Waals surface area contributed by atoms with Gasteiger partial charge in [0.25, 0.3) is 0 Å². The summed E-state index contributed by atoms with van der Waals surface area (Å²) in [4.78, 5) is 0. The lowest BCUT2D eigenvalue weighted by Crippen LogP contribution is -2.39. The zero-order valence-corrected chi connectivity index (χ0v) is 10.2. The van der Waals surface area contributed by atoms with Gasteiger partial charge >= 0.3 is 0 Å². The van der Waals surface area contributed by atoms with Gasteiger partial charge in [-0.15, -0.1) is 0 Å². The zero-order chi connectivity index (χ0) is 11.1. The molecule has 3 nitrogen and oxygen atoms in total. The maximum Gasteiger partial charge on any atom is 0.210 e. The molecule has 82 valence electrons. The summed E-state index contributed by atoms with van der Waals surface area (Å²) >= 11 is 3.37. The van der Waals surface area contributed by atoms with Crippen LogP contribution in [0.4, 0.5) is 0 Å². The summed E-state index contributed by atoms with van der Waals surface area (Å²) in [5.41, 5.74) is 0.805. The van der Waals surface area contributed by atoms with Crippen LogP contribution in [-0.4, -0.2) is 18.0 Å². The van der Waals surface area contributed by atoms with Crippen molar-refractivity contribution in [1.82, 2.24) is 0 Å². The Morgan fingerprint density at radius 3 is 3.00 bits per heavy atom. The molecule has 15 heavy (non-hydrogen) atoms. The normalized spacial score (nSPS) is 29.5. The van der Waals surface area contributed by atoms with Gasteiger partial charge in [-0.05, 0) is 18.2 Å². The standard InChI is InChI=1S/C11H13BrO3/c1-11(14-2)6-9(13)8-5-7(12)3-4-10(8)15-11/h3-5,9,13H,6H2,1-2H3/t9-,11+/m1/s1. The van der Waals surface area contributed by atoms with Crippen molar-refractivity contribution < 1.29 is 14.6 Å². The number of halogens is 1. The summed E-state index contributed by atoms with van der Waals surface area (Å²) in [6, 6.07) is 5.58. The zero-order valence-electron chi connectivity index (χ0n) is 8.66. The maximum atomic E-state index is 9.97. The Hall–Kier alpha value is -0.580. The number of hydrogen-bond donors (Lipinski definition) is 1. The van der Waals surface area contributed by atoms with Crippen molar-refractivity contribution in [3.05, 3.63) is 28.2 Å². The lowest BCUT2D eigenvalue weighted by Gasteiger charge is -2.36. The molecule has 0 aliphatic carbocycles. The van der Waals surface area contributed by atoms with Crippen LogP contribution in [0.15, 0.2) is 22.7 Å². The third-order valence-corrected chi connectivity index (χ3v) is 3.15. The highest BCUT2D eigenvalue weighted by Gasteiger charge is 2.36. The molecule has 2 rings (SSSR count). The van der Waals surface area contributed by atoms with E-state index in [-0.39, 0.29) is 0 Å². The van der Waals surface area contributed by atoms with Crippen molar-refractivity contribution in [3.63, 3.8) is 0 Å². The van der Waals surface area contributed by atoms with Gasteiger partial charge in [0.2, 0.25) is 5.79 Å². The van der Waals surface area contributed by atoms with Crippen LogP contribution in [0.25, 0.3) is 0 Å². The molecule has 1 aliphatic rings. The van der Waals surface area contributed by atoms with Gasteiger partial charge in [-0.3, -0.25) is 0 Å². The lowest BCUT2D eigenvalue weighted by atomic mass is 9.98. The molecule has 0 bridgehead atoms. The topological polar surface area (TPSA) is 38.7 Å². The van der Waals surface area contributed by atoms with E-state index in [1.54, 1.807) is 7.11 Å². The molecule has 0 saturated carbocycles. The Balaban J connectivity index is 2.41. The molecule has 1 aromatic carbocycles. The summed E-state index contributed by atoms with van der Waals surface area (Å²) < 4.78 is 11.9. The van der Waals surface area contributed by atoms with E-state index in [4.69, 9.17) is 9.47 Å². The summed E-state index contributed by atoms with van der Waals surface area (Å²) in [5.74, 6) is -0.0541. The minimum atomic E-state index is -0.736. The van der Waals surface area contributed by atoms with Crippen molar-refractivity contribution in [3.8, 4) is 5.75 Å². The highest BCUT2D eigenvalue weighted by molar-refractivity contribution is 9.10. The average molecular weight is 273 g/mol. The molecule has 0 aromatic heterocycles. The SMILES string of the molecule is CO[C@]1(C)C[C@@H](O)c2cc(Br)ccc2O1. The summed E-state index contributed by atoms with van der Waals surface area (Å²) in [5, 5.41) is 9.97. The summed E-state index contributed by atoms with van der Waals surface area (Å²) in [6.45, 7) is 1.82. The van der Waals surface area contributed by atoms with E-state index in [9.17, 15) is 5.11 Å². The first-order valence-electron chi connectivity index (χ1n) is 4.76. The fourth-order valence-corrected chi connectivity index (χ4v) is 2.11. The van der Waals surface area contributed by atoms with E-state index in [2.05, 4.69) is 15.9 Å². The van der Waals surface area contributed by atoms with Crippen molar-refractivity contribution in [2.24, 2.45) is 0 Å². The second kappa shape index (κ2) is 3.77. The molecule has 2 atom stereocenters. The Morgan fingerprint density at radius 1 is 1.60 bits per heavy atom. The molecular weight excluding hydrogens is 260 g/mol. The van der Waals surface area contributed by atoms with Crippen molar-refractivity contribution >= 4 is 15.9 Å². The Labute approximate surface area is 97.1 Å². The fourth-order valence-electron chi connectivity index (χ4n) is 1.73. The number of aliphatic hydroxyl groups excluding tert-OH is 1. The highest BCUT2D eigenvalue weighted by atomic mass is 79.9. The van der Waals surface area contributed by atoms with Gasteiger partial charge in [-0.2, -0.15) is 0 Å². The number of fused-ring (bicyclic) bond motifs is 1. The van der Waals surface area contributed by atoms with E-state index in [0.717, 1.165) is 10.0 Å². The van der Waals surface area contributed by atoms with E-state index in [1.165, 1.54) is 0 Å². The predicted octanol–water partition coefficient (Wildman–Crippen LogP) is 2.63. The molecule has 0 spiro atoms. The quantitative estimate of drug-likeness (QED) is 0.854. The van der Waals surface area contributed by atoms with Crippen LogP contribution in [-0.2, 0) is 4.74 Å². The van der Waals surface area contributed by atoms with E-state index < -0.39 is 11.9 Å². The van der Waals surface area contributed by atoms with Crippen molar-refractivity contribution in [1.29, 1.82) is 0 Å². The van der Waals surface area contributed by atoms with Crippen LogP contribution in [0, 0.1) is 0 Å². The number of methoxy groups -OCH3 is 1. The van der Waals surface area contributed by atoms with E-state index in [1.807, 2.05) is 25.1 Å². The van der Waals surface area contributed by atoms with Gasteiger partial charge in [-0.1, -0.05) is 15.9 Å². The molecular formula is C11H13BrO3. The molecule has 0 unspecified atom stereocenters. The molecule has 0 saturated heterocycles. The van der Waals surface area contributed by atoms with Gasteiger partial charge in [0.15, 0.2) is 0 Å². The maximum absolute atomic E-state index is 9.97. The first-order chi connectivity index (χ1) is 7.04. The van der Waals surface area contributed by atoms with Gasteiger partial charge < -0.3 is 14.6 Å². The van der Waals surface area contributed by atoms with Crippen LogP contribution < -0.4 is 4.74 Å². The second-order valence-electron chi connectivity index (χ2n) is 3.84. The largest absolute Gasteiger partial charge is 0.462 e. The number of benzene rings is 1. The smallest absolute Gasteiger partial charge is 0.210 e. The van der Waals surface area contributed by atoms with Crippen LogP contribution in [0.2, 0.25) is 0 Å². The third kappa shape index (κ3) is 2.02. The molecule has 0 radical (unpaired) electrons. The van der Waals surface area contributed by atoms with E-state index >= 15 is 0 Å². The highest BCUT2D eigenvalue weighted by Crippen LogP contribution is 2.40. The van der Waals surface area contributed by atoms with E-state index in [0.29, 0.717) is 12.2 Å². The molecule has 1 heterocycles. The minimum Gasteiger partial charge on any atom is -0.462 e. The summed E-state index contributed by atoms with van der Waals surface area (Å²) in [6.07, 6.45) is -0.108. The van der Waals surface area contributed by atoms with Crippen LogP contribution in [0.5, 0.6) is 5.75 Å². The Morgan fingerprint density at radius 2 is 2.33 bits per heavy atom. The predicted molar refractivity (Wildman–Crippen MR) is 59.8 cm³/mol. The average Bonchev–Trinajstić information content (AvgIpc) is 2.20. The molecule has 1 aromatic rings. The number of rotatable bonds is 1. The van der Waals surface area contributed by atoms with Gasteiger partial charge in [-0.25, -0.2) is 0 Å². The Kier molecular flexibility index (Phi) is 2.75. The molecule has 1 N–H and O–H groups in total. The second-order valence-corrected chi connectivity index (χ2v) is 4.76. The lowest BCUT2D eigenvalue weighted by molar-refractivity contribution is -0.180. The number of aliphatic hydroxyl groups is 1.